The molecule has 6 N–H and O–H groups in total. The second-order valence-electron chi connectivity index (χ2n) is 35.5. The molecule has 10 amide bonds. The van der Waals surface area contributed by atoms with Crippen LogP contribution >= 0.6 is 0 Å². The number of benzene rings is 10. The fourth-order valence-corrected chi connectivity index (χ4v) is 18.3. The van der Waals surface area contributed by atoms with Crippen molar-refractivity contribution in [2.45, 2.75) is 95.2 Å². The number of phenolic OH excluding ortho intramolecular Hbond substituents is 1. The number of hydrogen-bond acceptors (Lipinski definition) is 20. The average Bonchev–Trinajstić information content (AvgIpc) is 0.759. The van der Waals surface area contributed by atoms with Gasteiger partial charge in [-0.1, -0.05) is 164 Å². The van der Waals surface area contributed by atoms with Gasteiger partial charge in [0.1, 0.15) is 76.4 Å². The van der Waals surface area contributed by atoms with Gasteiger partial charge in [0.2, 0.25) is 17.7 Å². The summed E-state index contributed by atoms with van der Waals surface area (Å²) in [5, 5.41) is 42.0. The number of hydrogen-bond donors (Lipinski definition) is 6. The summed E-state index contributed by atoms with van der Waals surface area (Å²) in [6, 6.07) is 61.9. The maximum Gasteiger partial charge on any atom is 0.519 e. The Balaban J connectivity index is 0.000000182. The predicted octanol–water partition coefficient (Wildman–Crippen LogP) is 8.95. The largest absolute Gasteiger partial charge is 1.00 e. The Morgan fingerprint density at radius 1 is 0.417 bits per heavy atom. The quantitative estimate of drug-likeness (QED) is 0.00589. The van der Waals surface area contributed by atoms with E-state index in [4.69, 9.17) is 14.2 Å². The molecule has 0 bridgehead atoms. The highest BCUT2D eigenvalue weighted by molar-refractivity contribution is 5.85. The highest BCUT2D eigenvalue weighted by atomic mass is 35.5. The van der Waals surface area contributed by atoms with Crippen molar-refractivity contribution in [1.82, 2.24) is 80.7 Å². The standard InChI is InChI=1S/C38H36F2N6O7.C36H43F2N7O4.C31H33F2N5O3.ClH/c1-2-18-43-25-36(47)44-31(19-26-8-14-32(15-9-26)52-38(49)53-33-16-12-30(13-17-33)46(50)51)23-42(22-28-10-11-29(39)20-34(28)40)24-35(44)45(43)37(48)41-21-27-6-4-3-5-7-27;1-4-17-43-25-34(46)44-30(19-26-10-14-31(15-11-26)49-36(48)39-16-18-41(2)3)23-42(22-28-12-13-29(37)20-32(28)38)24-33(44)45(43)35(47)40-21-27-8-6-5-7-9-27;1-2-14-36-21-30(40)37-26(15-22-8-12-27(39)13-9-22)19-35(18-24-10-11-25(32)16-28(24)33)20-29(37)38(36)31(41)34-17-23-6-4-3-5-7-23;/h2-17,20,31,35H,1,18-19,21-25H2,(H,41,48);4-15,20,30,33H,1,16-19,21-25H2,2-3H3,(H,39,48)(H,40,47);2-13,16,26,29,39H,1,14-15,17-21H2,(H,34,41);1H/t31-,35-;30-,33-;26-,29-;/m000./s1. The van der Waals surface area contributed by atoms with Crippen LogP contribution in [0.25, 0.3) is 0 Å². The number of halogens is 7. The van der Waals surface area contributed by atoms with Crippen molar-refractivity contribution < 1.29 is 106 Å². The van der Waals surface area contributed by atoms with Crippen LogP contribution in [0.5, 0.6) is 23.0 Å². The molecule has 39 heteroatoms. The number of likely N-dealkylation sites (N-methyl/N-ethyl adjacent to an activating group) is 1. The highest BCUT2D eigenvalue weighted by Gasteiger charge is 2.52. The lowest BCUT2D eigenvalue weighted by atomic mass is 9.99. The summed E-state index contributed by atoms with van der Waals surface area (Å²) >= 11 is 0. The van der Waals surface area contributed by atoms with Crippen molar-refractivity contribution in [3.63, 3.8) is 0 Å². The van der Waals surface area contributed by atoms with E-state index in [1.165, 1.54) is 70.6 Å². The maximum atomic E-state index is 14.9. The van der Waals surface area contributed by atoms with Crippen molar-refractivity contribution in [1.29, 1.82) is 0 Å². The molecule has 6 fully saturated rings. The van der Waals surface area contributed by atoms with Crippen LogP contribution in [0.15, 0.2) is 281 Å². The number of hydrazine groups is 3. The Hall–Kier alpha value is -15.0. The molecule has 144 heavy (non-hydrogen) atoms. The average molecular weight is 2000 g/mol. The first-order valence-electron chi connectivity index (χ1n) is 46.7. The SMILES string of the molecule is C=CCN1CC(=O)N2[C@@H](Cc3ccc(O)cc3)CN(Cc3ccc(F)cc3F)C[C@@H]2N1C(=O)NCc1ccccc1.C=CCN1CC(=O)N2[C@@H](Cc3ccc(OC(=O)NCC[NH+](C)C)cc3)CN(Cc3ccc(F)cc3F)C[C@@H]2N1C(=O)NCc1ccccc1.C=CCN1CC(=O)N2[C@@H](Cc3ccc(OC(=O)Oc4ccc([N+](=O)[O-])cc4)cc3)CN(Cc3ccc(F)cc3F)C[C@@H]2N1C(=O)NCc1ccccc1.[Cl-]. The maximum absolute atomic E-state index is 14.9. The topological polar surface area (TPSA) is 319 Å². The van der Waals surface area contributed by atoms with Gasteiger partial charge < -0.3 is 72.6 Å². The molecule has 6 aliphatic heterocycles. The minimum atomic E-state index is -1.04. The molecule has 32 nitrogen and oxygen atoms in total. The van der Waals surface area contributed by atoms with Gasteiger partial charge >= 0.3 is 30.3 Å². The minimum absolute atomic E-state index is 0. The number of amides is 10. The summed E-state index contributed by atoms with van der Waals surface area (Å²) in [5.41, 5.74) is 6.06. The lowest BCUT2D eigenvalue weighted by molar-refractivity contribution is -0.856. The molecule has 0 aliphatic carbocycles. The number of fused-ring (bicyclic) bond motifs is 3. The van der Waals surface area contributed by atoms with E-state index in [0.29, 0.717) is 68.9 Å². The molecular formula is C105H113ClF6N18O14. The van der Waals surface area contributed by atoms with E-state index in [0.717, 1.165) is 58.1 Å². The summed E-state index contributed by atoms with van der Waals surface area (Å²) < 4.78 is 101. The lowest BCUT2D eigenvalue weighted by Crippen LogP contribution is -3.06. The number of non-ortho nitro benzene ring substituents is 1. The molecule has 10 aromatic carbocycles. The summed E-state index contributed by atoms with van der Waals surface area (Å²) in [7, 11) is 3.99. The number of urea groups is 3. The van der Waals surface area contributed by atoms with E-state index in [1.54, 1.807) is 119 Å². The third-order valence-electron chi connectivity index (χ3n) is 24.9. The van der Waals surface area contributed by atoms with Crippen molar-refractivity contribution >= 4 is 53.8 Å². The van der Waals surface area contributed by atoms with Crippen molar-refractivity contribution in [2.24, 2.45) is 0 Å². The number of piperazine rings is 3. The molecule has 6 saturated heterocycles. The molecule has 6 aliphatic rings. The van der Waals surface area contributed by atoms with E-state index in [2.05, 4.69) is 41.0 Å². The number of carbonyl (C=O) groups is 8. The first kappa shape index (κ1) is 106. The van der Waals surface area contributed by atoms with Crippen LogP contribution in [-0.2, 0) is 72.9 Å². The third-order valence-corrected chi connectivity index (χ3v) is 24.9. The first-order valence-corrected chi connectivity index (χ1v) is 46.7. The van der Waals surface area contributed by atoms with Crippen LogP contribution in [0.4, 0.5) is 56.0 Å². The van der Waals surface area contributed by atoms with Crippen LogP contribution in [-0.4, -0.2) is 260 Å². The number of nitrogens with zero attached hydrogens (tertiary/aromatic N) is 13. The van der Waals surface area contributed by atoms with E-state index in [1.807, 2.05) is 132 Å². The molecule has 16 rings (SSSR count). The Morgan fingerprint density at radius 3 is 1.02 bits per heavy atom. The zero-order chi connectivity index (χ0) is 101. The number of carbonyl (C=O) groups excluding carboxylic acids is 8. The number of nitro groups is 1. The molecule has 0 unspecified atom stereocenters. The van der Waals surface area contributed by atoms with Crippen molar-refractivity contribution in [2.75, 3.05) is 106 Å². The molecule has 6 atom stereocenters. The molecule has 0 radical (unpaired) electrons. The van der Waals surface area contributed by atoms with Gasteiger partial charge in [-0.15, -0.1) is 19.7 Å². The number of phenols is 1. The van der Waals surface area contributed by atoms with Gasteiger partial charge in [0, 0.05) is 145 Å². The summed E-state index contributed by atoms with van der Waals surface area (Å²) in [5.74, 6) is -3.73. The van der Waals surface area contributed by atoms with Gasteiger partial charge in [0.15, 0.2) is 0 Å². The summed E-state index contributed by atoms with van der Waals surface area (Å²) in [4.78, 5) is 130. The fraction of sp³-hybridized carbons (Fsp3) is 0.295. The Bertz CT molecular complexity index is 6130. The number of aromatic hydroxyl groups is 1. The fourth-order valence-electron chi connectivity index (χ4n) is 18.3. The van der Waals surface area contributed by atoms with E-state index >= 15 is 0 Å². The molecule has 6 heterocycles. The zero-order valence-electron chi connectivity index (χ0n) is 79.4. The predicted molar refractivity (Wildman–Crippen MR) is 519 cm³/mol. The number of nitrogens with one attached hydrogen (secondary N) is 5. The normalized spacial score (nSPS) is 18.2. The molecule has 756 valence electrons. The van der Waals surface area contributed by atoms with E-state index in [-0.39, 0.29) is 168 Å². The van der Waals surface area contributed by atoms with Gasteiger partial charge in [-0.25, -0.2) is 80.4 Å². The molecule has 10 aromatic rings. The monoisotopic (exact) mass is 2000 g/mol. The molecular weight excluding hydrogens is 1890 g/mol. The van der Waals surface area contributed by atoms with Gasteiger partial charge in [0.05, 0.1) is 69.9 Å². The van der Waals surface area contributed by atoms with Crippen molar-refractivity contribution in [3.05, 3.63) is 376 Å². The zero-order valence-corrected chi connectivity index (χ0v) is 80.1. The Kier molecular flexibility index (Phi) is 37.3. The second-order valence-corrected chi connectivity index (χ2v) is 35.5. The van der Waals surface area contributed by atoms with Gasteiger partial charge in [-0.05, 0) is 119 Å². The van der Waals surface area contributed by atoms with Gasteiger partial charge in [0.25, 0.3) is 5.69 Å². The van der Waals surface area contributed by atoms with Crippen LogP contribution in [0.3, 0.4) is 0 Å². The smallest absolute Gasteiger partial charge is 0.519 e. The Morgan fingerprint density at radius 2 is 0.722 bits per heavy atom. The number of quaternary nitrogens is 1. The van der Waals surface area contributed by atoms with Crippen LogP contribution in [0, 0.1) is 45.0 Å². The van der Waals surface area contributed by atoms with E-state index < -0.39 is 88.7 Å². The van der Waals surface area contributed by atoms with Crippen LogP contribution in [0.1, 0.15) is 50.1 Å². The van der Waals surface area contributed by atoms with Crippen LogP contribution < -0.4 is 52.8 Å². The summed E-state index contributed by atoms with van der Waals surface area (Å²) in [6.07, 6.45) is 2.36. The molecule has 0 spiro atoms. The molecule has 0 aromatic heterocycles. The van der Waals surface area contributed by atoms with Gasteiger partial charge in [-0.3, -0.25) is 39.2 Å². The first-order chi connectivity index (χ1) is 69.0. The van der Waals surface area contributed by atoms with Gasteiger partial charge in [-0.2, -0.15) is 0 Å². The van der Waals surface area contributed by atoms with E-state index in [9.17, 15) is 79.9 Å². The number of ether oxygens (including phenoxy) is 3. The minimum Gasteiger partial charge on any atom is -1.00 e. The van der Waals surface area contributed by atoms with Crippen molar-refractivity contribution in [3.8, 4) is 23.0 Å². The van der Waals surface area contributed by atoms with Crippen LogP contribution in [0.2, 0.25) is 0 Å². The number of rotatable bonds is 31. The lowest BCUT2D eigenvalue weighted by Gasteiger charge is -2.55. The summed E-state index contributed by atoms with van der Waals surface area (Å²) in [6.45, 7) is 16.5. The highest BCUT2D eigenvalue weighted by Crippen LogP contribution is 2.35. The third kappa shape index (κ3) is 28.5. The Labute approximate surface area is 835 Å². The second kappa shape index (κ2) is 50.6. The molecule has 0 saturated carbocycles. The number of nitro benzene ring substituents is 1.